The Labute approximate surface area is 118 Å². The SMILES string of the molecule is CC(C)(C)NCc1cn(Cc2ccc(Cl)cc2)nn1. The molecule has 0 atom stereocenters. The van der Waals surface area contributed by atoms with Gasteiger partial charge in [-0.1, -0.05) is 28.9 Å². The number of hydrogen-bond acceptors (Lipinski definition) is 3. The highest BCUT2D eigenvalue weighted by Crippen LogP contribution is 2.10. The first kappa shape index (κ1) is 14.0. The minimum Gasteiger partial charge on any atom is -0.306 e. The van der Waals surface area contributed by atoms with Gasteiger partial charge >= 0.3 is 0 Å². The van der Waals surface area contributed by atoms with Crippen LogP contribution < -0.4 is 5.32 Å². The summed E-state index contributed by atoms with van der Waals surface area (Å²) in [5, 5.41) is 12.4. The molecule has 0 aliphatic carbocycles. The Kier molecular flexibility index (Phi) is 4.22. The van der Waals surface area contributed by atoms with Crippen molar-refractivity contribution in [1.29, 1.82) is 0 Å². The fourth-order valence-corrected chi connectivity index (χ4v) is 1.76. The van der Waals surface area contributed by atoms with Gasteiger partial charge in [0.05, 0.1) is 18.4 Å². The highest BCUT2D eigenvalue weighted by atomic mass is 35.5. The Morgan fingerprint density at radius 3 is 2.53 bits per heavy atom. The number of benzene rings is 1. The Bertz CT molecular complexity index is 525. The van der Waals surface area contributed by atoms with Gasteiger partial charge in [0, 0.05) is 17.1 Å². The first-order valence-corrected chi connectivity index (χ1v) is 6.69. The van der Waals surface area contributed by atoms with Crippen molar-refractivity contribution in [3.05, 3.63) is 46.7 Å². The monoisotopic (exact) mass is 278 g/mol. The molecule has 0 unspecified atom stereocenters. The highest BCUT2D eigenvalue weighted by Gasteiger charge is 2.10. The maximum atomic E-state index is 5.86. The van der Waals surface area contributed by atoms with Crippen molar-refractivity contribution in [3.8, 4) is 0 Å². The Morgan fingerprint density at radius 2 is 1.89 bits per heavy atom. The van der Waals surface area contributed by atoms with Gasteiger partial charge in [0.2, 0.25) is 0 Å². The third-order valence-electron chi connectivity index (χ3n) is 2.64. The van der Waals surface area contributed by atoms with Gasteiger partial charge in [-0.2, -0.15) is 0 Å². The topological polar surface area (TPSA) is 42.7 Å². The maximum Gasteiger partial charge on any atom is 0.0965 e. The number of rotatable bonds is 4. The lowest BCUT2D eigenvalue weighted by Crippen LogP contribution is -2.35. The van der Waals surface area contributed by atoms with Crippen molar-refractivity contribution in [2.75, 3.05) is 0 Å². The summed E-state index contributed by atoms with van der Waals surface area (Å²) >= 11 is 5.86. The predicted molar refractivity (Wildman–Crippen MR) is 77.2 cm³/mol. The zero-order chi connectivity index (χ0) is 13.9. The van der Waals surface area contributed by atoms with Crippen LogP contribution in [0.1, 0.15) is 32.0 Å². The predicted octanol–water partition coefficient (Wildman–Crippen LogP) is 2.87. The maximum absolute atomic E-state index is 5.86. The molecule has 1 aromatic carbocycles. The molecule has 1 N–H and O–H groups in total. The van der Waals surface area contributed by atoms with E-state index in [2.05, 4.69) is 36.4 Å². The fourth-order valence-electron chi connectivity index (χ4n) is 1.63. The summed E-state index contributed by atoms with van der Waals surface area (Å²) in [7, 11) is 0. The van der Waals surface area contributed by atoms with E-state index in [1.807, 2.05) is 35.1 Å². The molecular weight excluding hydrogens is 260 g/mol. The minimum absolute atomic E-state index is 0.0833. The molecule has 0 bridgehead atoms. The first-order valence-electron chi connectivity index (χ1n) is 6.31. The molecule has 19 heavy (non-hydrogen) atoms. The number of aromatic nitrogens is 3. The van der Waals surface area contributed by atoms with Crippen LogP contribution in [-0.4, -0.2) is 20.5 Å². The molecule has 4 nitrogen and oxygen atoms in total. The van der Waals surface area contributed by atoms with Crippen molar-refractivity contribution in [2.24, 2.45) is 0 Å². The average molecular weight is 279 g/mol. The molecule has 0 aliphatic heterocycles. The molecule has 0 amide bonds. The van der Waals surface area contributed by atoms with Gasteiger partial charge in [-0.15, -0.1) is 5.10 Å². The molecule has 0 aliphatic rings. The van der Waals surface area contributed by atoms with Crippen LogP contribution in [0.25, 0.3) is 0 Å². The van der Waals surface area contributed by atoms with Crippen molar-refractivity contribution < 1.29 is 0 Å². The lowest BCUT2D eigenvalue weighted by atomic mass is 10.1. The van der Waals surface area contributed by atoms with Crippen LogP contribution in [0.4, 0.5) is 0 Å². The van der Waals surface area contributed by atoms with E-state index in [-0.39, 0.29) is 5.54 Å². The molecule has 5 heteroatoms. The van der Waals surface area contributed by atoms with Gasteiger partial charge in [-0.3, -0.25) is 0 Å². The Morgan fingerprint density at radius 1 is 1.21 bits per heavy atom. The van der Waals surface area contributed by atoms with Crippen LogP contribution in [0.15, 0.2) is 30.5 Å². The number of halogens is 1. The first-order chi connectivity index (χ1) is 8.92. The normalized spacial score (nSPS) is 11.8. The summed E-state index contributed by atoms with van der Waals surface area (Å²) in [6.07, 6.45) is 1.97. The third kappa shape index (κ3) is 4.65. The Hall–Kier alpha value is -1.39. The quantitative estimate of drug-likeness (QED) is 0.935. The van der Waals surface area contributed by atoms with Crippen LogP contribution in [0.2, 0.25) is 5.02 Å². The summed E-state index contributed by atoms with van der Waals surface area (Å²) in [5.41, 5.74) is 2.19. The van der Waals surface area contributed by atoms with Crippen LogP contribution in [-0.2, 0) is 13.1 Å². The van der Waals surface area contributed by atoms with E-state index in [0.29, 0.717) is 6.54 Å². The molecule has 0 fully saturated rings. The second-order valence-electron chi connectivity index (χ2n) is 5.64. The standard InChI is InChI=1S/C14H19ClN4/c1-14(2,3)16-8-13-10-19(18-17-13)9-11-4-6-12(15)7-5-11/h4-7,10,16H,8-9H2,1-3H3. The minimum atomic E-state index is 0.0833. The van der Waals surface area contributed by atoms with Gasteiger partial charge in [-0.05, 0) is 38.5 Å². The van der Waals surface area contributed by atoms with E-state index < -0.39 is 0 Å². The van der Waals surface area contributed by atoms with Crippen molar-refractivity contribution in [1.82, 2.24) is 20.3 Å². The average Bonchev–Trinajstić information content (AvgIpc) is 2.77. The molecule has 0 saturated heterocycles. The van der Waals surface area contributed by atoms with E-state index in [1.165, 1.54) is 0 Å². The summed E-state index contributed by atoms with van der Waals surface area (Å²) in [4.78, 5) is 0. The molecule has 0 spiro atoms. The molecule has 0 radical (unpaired) electrons. The smallest absolute Gasteiger partial charge is 0.0965 e. The van der Waals surface area contributed by atoms with Gasteiger partial charge in [0.1, 0.15) is 0 Å². The van der Waals surface area contributed by atoms with Crippen molar-refractivity contribution >= 4 is 11.6 Å². The summed E-state index contributed by atoms with van der Waals surface area (Å²) in [6, 6.07) is 7.76. The second-order valence-corrected chi connectivity index (χ2v) is 6.07. The third-order valence-corrected chi connectivity index (χ3v) is 2.90. The zero-order valence-corrected chi connectivity index (χ0v) is 12.3. The molecule has 1 heterocycles. The van der Waals surface area contributed by atoms with Gasteiger partial charge < -0.3 is 5.32 Å². The number of nitrogens with zero attached hydrogens (tertiary/aromatic N) is 3. The molecule has 2 aromatic rings. The van der Waals surface area contributed by atoms with Gasteiger partial charge in [0.15, 0.2) is 0 Å². The Balaban J connectivity index is 1.95. The lowest BCUT2D eigenvalue weighted by molar-refractivity contribution is 0.421. The molecule has 2 rings (SSSR count). The van der Waals surface area contributed by atoms with Gasteiger partial charge in [-0.25, -0.2) is 4.68 Å². The molecular formula is C14H19ClN4. The van der Waals surface area contributed by atoms with E-state index in [0.717, 1.165) is 22.8 Å². The second kappa shape index (κ2) is 5.72. The molecule has 0 saturated carbocycles. The summed E-state index contributed by atoms with van der Waals surface area (Å²) < 4.78 is 1.84. The zero-order valence-electron chi connectivity index (χ0n) is 11.5. The highest BCUT2D eigenvalue weighted by molar-refractivity contribution is 6.30. The van der Waals surface area contributed by atoms with E-state index >= 15 is 0 Å². The molecule has 102 valence electrons. The van der Waals surface area contributed by atoms with Crippen molar-refractivity contribution in [2.45, 2.75) is 39.4 Å². The van der Waals surface area contributed by atoms with Crippen LogP contribution in [0.3, 0.4) is 0 Å². The van der Waals surface area contributed by atoms with Crippen LogP contribution in [0, 0.1) is 0 Å². The largest absolute Gasteiger partial charge is 0.306 e. The van der Waals surface area contributed by atoms with Crippen LogP contribution in [0.5, 0.6) is 0 Å². The fraction of sp³-hybridized carbons (Fsp3) is 0.429. The number of nitrogens with one attached hydrogen (secondary N) is 1. The van der Waals surface area contributed by atoms with Crippen LogP contribution >= 0.6 is 11.6 Å². The van der Waals surface area contributed by atoms with Gasteiger partial charge in [0.25, 0.3) is 0 Å². The summed E-state index contributed by atoms with van der Waals surface area (Å²) in [6.45, 7) is 7.82. The van der Waals surface area contributed by atoms with E-state index in [9.17, 15) is 0 Å². The van der Waals surface area contributed by atoms with E-state index in [4.69, 9.17) is 11.6 Å². The number of hydrogen-bond donors (Lipinski definition) is 1. The lowest BCUT2D eigenvalue weighted by Gasteiger charge is -2.19. The van der Waals surface area contributed by atoms with E-state index in [1.54, 1.807) is 0 Å². The molecule has 1 aromatic heterocycles. The van der Waals surface area contributed by atoms with Crippen molar-refractivity contribution in [3.63, 3.8) is 0 Å². The summed E-state index contributed by atoms with van der Waals surface area (Å²) in [5.74, 6) is 0.